The quantitative estimate of drug-likeness (QED) is 0.573. The van der Waals surface area contributed by atoms with Gasteiger partial charge in [-0.3, -0.25) is 10.1 Å². The summed E-state index contributed by atoms with van der Waals surface area (Å²) in [4.78, 5) is 22.1. The molecule has 0 aliphatic heterocycles. The first-order chi connectivity index (χ1) is 9.65. The van der Waals surface area contributed by atoms with E-state index in [9.17, 15) is 20.0 Å². The van der Waals surface area contributed by atoms with Gasteiger partial charge in [0.2, 0.25) is 0 Å². The maximum absolute atomic E-state index is 11.8. The number of nitro benzene ring substituents is 1. The third kappa shape index (κ3) is 4.42. The van der Waals surface area contributed by atoms with Gasteiger partial charge in [-0.05, 0) is 25.8 Å². The van der Waals surface area contributed by atoms with Gasteiger partial charge in [0.25, 0.3) is 5.69 Å². The predicted molar refractivity (Wildman–Crippen MR) is 80.3 cm³/mol. The normalized spacial score (nSPS) is 13.6. The van der Waals surface area contributed by atoms with Crippen molar-refractivity contribution < 1.29 is 14.8 Å². The fraction of sp³-hybridized carbons (Fsp3) is 0.500. The molecule has 1 unspecified atom stereocenters. The molecule has 7 nitrogen and oxygen atoms in total. The summed E-state index contributed by atoms with van der Waals surface area (Å²) >= 11 is 0. The molecule has 0 saturated carbocycles. The Morgan fingerprint density at radius 1 is 1.48 bits per heavy atom. The number of aliphatic hydroxyl groups is 1. The van der Waals surface area contributed by atoms with E-state index in [1.54, 1.807) is 19.9 Å². The molecular weight excluding hydrogens is 274 g/mol. The Balaban J connectivity index is 2.72. The van der Waals surface area contributed by atoms with Crippen LogP contribution in [0.3, 0.4) is 0 Å². The number of hydrogen-bond acceptors (Lipinski definition) is 4. The lowest BCUT2D eigenvalue weighted by Crippen LogP contribution is -2.45. The number of urea groups is 1. The van der Waals surface area contributed by atoms with Crippen LogP contribution < -0.4 is 10.6 Å². The van der Waals surface area contributed by atoms with Crippen molar-refractivity contribution in [1.82, 2.24) is 5.32 Å². The minimum Gasteiger partial charge on any atom is -0.388 e. The van der Waals surface area contributed by atoms with Crippen LogP contribution >= 0.6 is 0 Å². The number of rotatable bonds is 5. The SMILES string of the molecule is Cc1c(NC(=O)NCC(C)(O)C(C)C)cccc1[N+](=O)[O-]. The minimum atomic E-state index is -1.02. The molecule has 116 valence electrons. The summed E-state index contributed by atoms with van der Waals surface area (Å²) in [6, 6.07) is 3.95. The van der Waals surface area contributed by atoms with Crippen molar-refractivity contribution in [3.05, 3.63) is 33.9 Å². The van der Waals surface area contributed by atoms with Crippen LogP contribution in [0.5, 0.6) is 0 Å². The van der Waals surface area contributed by atoms with Gasteiger partial charge in [-0.1, -0.05) is 19.9 Å². The van der Waals surface area contributed by atoms with Gasteiger partial charge in [-0.2, -0.15) is 0 Å². The highest BCUT2D eigenvalue weighted by Gasteiger charge is 2.25. The van der Waals surface area contributed by atoms with Gasteiger partial charge in [0.05, 0.1) is 21.8 Å². The van der Waals surface area contributed by atoms with Crippen molar-refractivity contribution in [3.63, 3.8) is 0 Å². The number of carbonyl (C=O) groups is 1. The summed E-state index contributed by atoms with van der Waals surface area (Å²) in [6.45, 7) is 6.99. The van der Waals surface area contributed by atoms with E-state index in [4.69, 9.17) is 0 Å². The summed E-state index contributed by atoms with van der Waals surface area (Å²) < 4.78 is 0. The Hall–Kier alpha value is -2.15. The number of nitrogens with zero attached hydrogens (tertiary/aromatic N) is 1. The van der Waals surface area contributed by atoms with Gasteiger partial charge in [0, 0.05) is 12.6 Å². The largest absolute Gasteiger partial charge is 0.388 e. The fourth-order valence-electron chi connectivity index (χ4n) is 1.59. The zero-order valence-corrected chi connectivity index (χ0v) is 12.6. The summed E-state index contributed by atoms with van der Waals surface area (Å²) in [7, 11) is 0. The second kappa shape index (κ2) is 6.53. The van der Waals surface area contributed by atoms with E-state index in [-0.39, 0.29) is 18.2 Å². The number of nitro groups is 1. The number of anilines is 1. The fourth-order valence-corrected chi connectivity index (χ4v) is 1.59. The highest BCUT2D eigenvalue weighted by atomic mass is 16.6. The van der Waals surface area contributed by atoms with E-state index in [0.717, 1.165) is 0 Å². The van der Waals surface area contributed by atoms with Crippen LogP contribution in [0.1, 0.15) is 26.3 Å². The maximum Gasteiger partial charge on any atom is 0.319 e. The molecule has 21 heavy (non-hydrogen) atoms. The third-order valence-electron chi connectivity index (χ3n) is 3.60. The summed E-state index contributed by atoms with van der Waals surface area (Å²) in [5.41, 5.74) is -0.323. The van der Waals surface area contributed by atoms with Crippen LogP contribution in [-0.4, -0.2) is 28.2 Å². The highest BCUT2D eigenvalue weighted by molar-refractivity contribution is 5.90. The lowest BCUT2D eigenvalue weighted by molar-refractivity contribution is -0.385. The molecular formula is C14H21N3O4. The van der Waals surface area contributed by atoms with Crippen molar-refractivity contribution in [3.8, 4) is 0 Å². The maximum atomic E-state index is 11.8. The van der Waals surface area contributed by atoms with E-state index >= 15 is 0 Å². The van der Waals surface area contributed by atoms with Crippen LogP contribution in [0.4, 0.5) is 16.2 Å². The van der Waals surface area contributed by atoms with E-state index in [1.807, 2.05) is 13.8 Å². The molecule has 1 aromatic carbocycles. The summed E-state index contributed by atoms with van der Waals surface area (Å²) in [6.07, 6.45) is 0. The van der Waals surface area contributed by atoms with Gasteiger partial charge in [-0.15, -0.1) is 0 Å². The first-order valence-electron chi connectivity index (χ1n) is 6.66. The van der Waals surface area contributed by atoms with Crippen molar-refractivity contribution in [2.45, 2.75) is 33.3 Å². The Morgan fingerprint density at radius 3 is 2.62 bits per heavy atom. The number of carbonyl (C=O) groups excluding carboxylic acids is 1. The Morgan fingerprint density at radius 2 is 2.10 bits per heavy atom. The monoisotopic (exact) mass is 295 g/mol. The lowest BCUT2D eigenvalue weighted by atomic mass is 9.93. The number of amides is 2. The van der Waals surface area contributed by atoms with Crippen LogP contribution in [0.2, 0.25) is 0 Å². The van der Waals surface area contributed by atoms with E-state index in [0.29, 0.717) is 11.3 Å². The molecule has 0 spiro atoms. The van der Waals surface area contributed by atoms with Crippen LogP contribution in [0.25, 0.3) is 0 Å². The van der Waals surface area contributed by atoms with Crippen molar-refractivity contribution >= 4 is 17.4 Å². The average molecular weight is 295 g/mol. The molecule has 1 rings (SSSR count). The molecule has 1 atom stereocenters. The number of benzene rings is 1. The molecule has 0 saturated heterocycles. The van der Waals surface area contributed by atoms with Crippen molar-refractivity contribution in [2.24, 2.45) is 5.92 Å². The highest BCUT2D eigenvalue weighted by Crippen LogP contribution is 2.24. The lowest BCUT2D eigenvalue weighted by Gasteiger charge is -2.27. The Bertz CT molecular complexity index is 541. The zero-order chi connectivity index (χ0) is 16.2. The van der Waals surface area contributed by atoms with Crippen molar-refractivity contribution in [2.75, 3.05) is 11.9 Å². The Kier molecular flexibility index (Phi) is 5.26. The molecule has 0 aliphatic rings. The second-order valence-electron chi connectivity index (χ2n) is 5.53. The van der Waals surface area contributed by atoms with Gasteiger partial charge < -0.3 is 15.7 Å². The molecule has 0 aromatic heterocycles. The van der Waals surface area contributed by atoms with Crippen LogP contribution in [-0.2, 0) is 0 Å². The van der Waals surface area contributed by atoms with Crippen molar-refractivity contribution in [1.29, 1.82) is 0 Å². The molecule has 1 aromatic rings. The molecule has 2 amide bonds. The Labute approximate surface area is 123 Å². The molecule has 0 heterocycles. The average Bonchev–Trinajstić information content (AvgIpc) is 2.38. The number of hydrogen-bond donors (Lipinski definition) is 3. The zero-order valence-electron chi connectivity index (χ0n) is 12.6. The van der Waals surface area contributed by atoms with E-state index in [1.165, 1.54) is 12.1 Å². The molecule has 0 radical (unpaired) electrons. The molecule has 3 N–H and O–H groups in total. The van der Waals surface area contributed by atoms with E-state index < -0.39 is 16.6 Å². The minimum absolute atomic E-state index is 0.0163. The first-order valence-corrected chi connectivity index (χ1v) is 6.66. The predicted octanol–water partition coefficient (Wildman–Crippen LogP) is 2.43. The van der Waals surface area contributed by atoms with Gasteiger partial charge >= 0.3 is 6.03 Å². The first kappa shape index (κ1) is 16.9. The molecule has 0 fully saturated rings. The van der Waals surface area contributed by atoms with Crippen LogP contribution in [0, 0.1) is 23.0 Å². The topological polar surface area (TPSA) is 104 Å². The van der Waals surface area contributed by atoms with Gasteiger partial charge in [0.1, 0.15) is 0 Å². The molecule has 7 heteroatoms. The molecule has 0 bridgehead atoms. The smallest absolute Gasteiger partial charge is 0.319 e. The van der Waals surface area contributed by atoms with Crippen LogP contribution in [0.15, 0.2) is 18.2 Å². The number of nitrogens with one attached hydrogen (secondary N) is 2. The van der Waals surface area contributed by atoms with Gasteiger partial charge in [-0.25, -0.2) is 4.79 Å². The van der Waals surface area contributed by atoms with Gasteiger partial charge in [0.15, 0.2) is 0 Å². The second-order valence-corrected chi connectivity index (χ2v) is 5.53. The summed E-state index contributed by atoms with van der Waals surface area (Å²) in [5.74, 6) is -0.0163. The summed E-state index contributed by atoms with van der Waals surface area (Å²) in [5, 5.41) is 26.0. The standard InChI is InChI=1S/C14H21N3O4/c1-9(2)14(4,19)8-15-13(18)16-11-6-5-7-12(10(11)3)17(20)21/h5-7,9,19H,8H2,1-4H3,(H2,15,16,18). The molecule has 0 aliphatic carbocycles. The van der Waals surface area contributed by atoms with E-state index in [2.05, 4.69) is 10.6 Å². The third-order valence-corrected chi connectivity index (χ3v) is 3.60.